The Labute approximate surface area is 156 Å². The lowest BCUT2D eigenvalue weighted by molar-refractivity contribution is 0.588. The van der Waals surface area contributed by atoms with Gasteiger partial charge in [-0.05, 0) is 71.5 Å². The first-order valence-electron chi connectivity index (χ1n) is 7.64. The van der Waals surface area contributed by atoms with Gasteiger partial charge in [0.1, 0.15) is 0 Å². The first-order chi connectivity index (χ1) is 11.6. The zero-order valence-electron chi connectivity index (χ0n) is 13.3. The fraction of sp³-hybridized carbons (Fsp3) is 0.0500. The van der Waals surface area contributed by atoms with Crippen LogP contribution in [0.2, 0.25) is 0 Å². The molecule has 0 saturated carbocycles. The molecule has 3 rings (SSSR count). The molecule has 0 fully saturated rings. The highest BCUT2D eigenvalue weighted by molar-refractivity contribution is 14.1. The van der Waals surface area contributed by atoms with Crippen LogP contribution >= 0.6 is 29.9 Å². The van der Waals surface area contributed by atoms with Gasteiger partial charge in [0, 0.05) is 19.9 Å². The van der Waals surface area contributed by atoms with Crippen molar-refractivity contribution in [3.8, 4) is 0 Å². The van der Waals surface area contributed by atoms with E-state index in [1.807, 2.05) is 91.9 Å². The molecule has 0 atom stereocenters. The summed E-state index contributed by atoms with van der Waals surface area (Å²) in [5.74, 6) is 0. The van der Waals surface area contributed by atoms with Gasteiger partial charge < -0.3 is 0 Å². The lowest BCUT2D eigenvalue weighted by atomic mass is 10.1. The third-order valence-electron chi connectivity index (χ3n) is 3.77. The highest BCUT2D eigenvalue weighted by Crippen LogP contribution is 2.45. The van der Waals surface area contributed by atoms with Gasteiger partial charge in [-0.3, -0.25) is 4.57 Å². The number of rotatable bonds is 4. The van der Waals surface area contributed by atoms with Gasteiger partial charge in [0.2, 0.25) is 7.29 Å². The first kappa shape index (κ1) is 17.1. The average molecular weight is 445 g/mol. The Morgan fingerprint density at radius 3 is 1.71 bits per heavy atom. The minimum Gasteiger partial charge on any atom is -0.288 e. The Kier molecular flexibility index (Phi) is 5.32. The standard InChI is InChI=1S/C20H17INOP/c1-16(17-12-14-18(21)15-13-17)22-24(23,19-8-4-2-5-9-19)20-10-6-3-7-11-20/h2-15H,1H3/b22-16-. The molecular weight excluding hydrogens is 428 g/mol. The van der Waals surface area contributed by atoms with Crippen molar-refractivity contribution in [2.24, 2.45) is 4.76 Å². The average Bonchev–Trinajstić information content (AvgIpc) is 2.63. The summed E-state index contributed by atoms with van der Waals surface area (Å²) in [6.45, 7) is 1.92. The van der Waals surface area contributed by atoms with Crippen molar-refractivity contribution in [2.75, 3.05) is 0 Å². The molecule has 120 valence electrons. The predicted molar refractivity (Wildman–Crippen MR) is 111 cm³/mol. The van der Waals surface area contributed by atoms with E-state index < -0.39 is 7.29 Å². The summed E-state index contributed by atoms with van der Waals surface area (Å²) in [4.78, 5) is 0. The van der Waals surface area contributed by atoms with Crippen LogP contribution in [0.5, 0.6) is 0 Å². The minimum absolute atomic E-state index is 0.751. The van der Waals surface area contributed by atoms with E-state index in [2.05, 4.69) is 22.6 Å². The SMILES string of the molecule is C/C(=N/P(=O)(c1ccccc1)c1ccccc1)c1ccc(I)cc1. The molecule has 0 aromatic heterocycles. The van der Waals surface area contributed by atoms with Crippen LogP contribution in [0, 0.1) is 3.57 Å². The molecule has 3 aromatic rings. The highest BCUT2D eigenvalue weighted by atomic mass is 127. The van der Waals surface area contributed by atoms with Crippen molar-refractivity contribution in [2.45, 2.75) is 6.92 Å². The fourth-order valence-electron chi connectivity index (χ4n) is 2.48. The zero-order valence-corrected chi connectivity index (χ0v) is 16.3. The van der Waals surface area contributed by atoms with E-state index in [4.69, 9.17) is 4.76 Å². The maximum atomic E-state index is 13.9. The second kappa shape index (κ2) is 7.45. The maximum Gasteiger partial charge on any atom is 0.247 e. The van der Waals surface area contributed by atoms with E-state index in [0.29, 0.717) is 0 Å². The molecule has 0 N–H and O–H groups in total. The van der Waals surface area contributed by atoms with Gasteiger partial charge in [-0.1, -0.05) is 48.5 Å². The molecule has 0 aliphatic heterocycles. The molecule has 0 aliphatic carbocycles. The number of nitrogens with zero attached hydrogens (tertiary/aromatic N) is 1. The first-order valence-corrected chi connectivity index (χ1v) is 10.4. The smallest absolute Gasteiger partial charge is 0.247 e. The van der Waals surface area contributed by atoms with Crippen molar-refractivity contribution in [1.29, 1.82) is 0 Å². The van der Waals surface area contributed by atoms with Gasteiger partial charge in [-0.15, -0.1) is 0 Å². The largest absolute Gasteiger partial charge is 0.288 e. The van der Waals surface area contributed by atoms with Gasteiger partial charge >= 0.3 is 0 Å². The van der Waals surface area contributed by atoms with Crippen LogP contribution in [0.15, 0.2) is 89.7 Å². The zero-order chi connectivity index (χ0) is 17.0. The molecule has 0 unspecified atom stereocenters. The summed E-state index contributed by atoms with van der Waals surface area (Å²) < 4.78 is 19.8. The Hall–Kier alpha value is -1.71. The van der Waals surface area contributed by atoms with Crippen LogP contribution in [0.3, 0.4) is 0 Å². The molecular formula is C20H17INOP. The van der Waals surface area contributed by atoms with Gasteiger partial charge in [0.05, 0.1) is 0 Å². The second-order valence-electron chi connectivity index (χ2n) is 5.44. The third kappa shape index (κ3) is 3.68. The molecule has 0 radical (unpaired) electrons. The minimum atomic E-state index is -3.07. The summed E-state index contributed by atoms with van der Waals surface area (Å²) in [7, 11) is -3.07. The predicted octanol–water partition coefficient (Wildman–Crippen LogP) is 5.03. The van der Waals surface area contributed by atoms with E-state index in [1.54, 1.807) is 0 Å². The number of halogens is 1. The summed E-state index contributed by atoms with van der Waals surface area (Å²) in [6, 6.07) is 27.1. The number of benzene rings is 3. The Morgan fingerprint density at radius 2 is 1.25 bits per heavy atom. The third-order valence-corrected chi connectivity index (χ3v) is 7.06. The van der Waals surface area contributed by atoms with Gasteiger partial charge in [-0.25, -0.2) is 4.76 Å². The highest BCUT2D eigenvalue weighted by Gasteiger charge is 2.26. The van der Waals surface area contributed by atoms with Crippen LogP contribution < -0.4 is 10.6 Å². The summed E-state index contributed by atoms with van der Waals surface area (Å²) in [6.07, 6.45) is 0. The number of hydrogen-bond donors (Lipinski definition) is 0. The molecule has 0 bridgehead atoms. The lowest BCUT2D eigenvalue weighted by Crippen LogP contribution is -2.15. The number of hydrogen-bond acceptors (Lipinski definition) is 1. The molecule has 0 saturated heterocycles. The van der Waals surface area contributed by atoms with Crippen molar-refractivity contribution in [1.82, 2.24) is 0 Å². The Balaban J connectivity index is 2.14. The van der Waals surface area contributed by atoms with Gasteiger partial charge in [0.25, 0.3) is 0 Å². The molecule has 3 aromatic carbocycles. The van der Waals surface area contributed by atoms with E-state index in [1.165, 1.54) is 3.57 Å². The van der Waals surface area contributed by atoms with Crippen LogP contribution in [-0.2, 0) is 4.57 Å². The molecule has 0 amide bonds. The van der Waals surface area contributed by atoms with Gasteiger partial charge in [-0.2, -0.15) is 0 Å². The van der Waals surface area contributed by atoms with Crippen molar-refractivity contribution in [3.63, 3.8) is 0 Å². The monoisotopic (exact) mass is 445 g/mol. The van der Waals surface area contributed by atoms with Crippen LogP contribution in [0.4, 0.5) is 0 Å². The van der Waals surface area contributed by atoms with Crippen LogP contribution in [-0.4, -0.2) is 5.71 Å². The van der Waals surface area contributed by atoms with E-state index in [-0.39, 0.29) is 0 Å². The quantitative estimate of drug-likeness (QED) is 0.315. The summed E-state index contributed by atoms with van der Waals surface area (Å²) >= 11 is 2.27. The molecule has 4 heteroatoms. The maximum absolute atomic E-state index is 13.9. The van der Waals surface area contributed by atoms with E-state index in [9.17, 15) is 4.57 Å². The normalized spacial score (nSPS) is 12.2. The van der Waals surface area contributed by atoms with Crippen molar-refractivity contribution >= 4 is 46.2 Å². The fourth-order valence-corrected chi connectivity index (χ4v) is 5.06. The Morgan fingerprint density at radius 1 is 0.792 bits per heavy atom. The molecule has 0 aliphatic rings. The summed E-state index contributed by atoms with van der Waals surface area (Å²) in [5, 5.41) is 1.50. The lowest BCUT2D eigenvalue weighted by Gasteiger charge is -2.16. The topological polar surface area (TPSA) is 29.4 Å². The van der Waals surface area contributed by atoms with Crippen LogP contribution in [0.25, 0.3) is 0 Å². The van der Waals surface area contributed by atoms with Crippen LogP contribution in [0.1, 0.15) is 12.5 Å². The second-order valence-corrected chi connectivity index (χ2v) is 9.07. The van der Waals surface area contributed by atoms with E-state index in [0.717, 1.165) is 21.9 Å². The molecule has 0 heterocycles. The van der Waals surface area contributed by atoms with E-state index >= 15 is 0 Å². The molecule has 0 spiro atoms. The van der Waals surface area contributed by atoms with Gasteiger partial charge in [0.15, 0.2) is 0 Å². The Bertz CT molecular complexity index is 846. The molecule has 24 heavy (non-hydrogen) atoms. The summed E-state index contributed by atoms with van der Waals surface area (Å²) in [5.41, 5.74) is 1.77. The van der Waals surface area contributed by atoms with Crippen molar-refractivity contribution < 1.29 is 4.57 Å². The van der Waals surface area contributed by atoms with Crippen molar-refractivity contribution in [3.05, 3.63) is 94.1 Å². The molecule has 2 nitrogen and oxygen atoms in total.